The van der Waals surface area contributed by atoms with Crippen LogP contribution in [0.3, 0.4) is 0 Å². The van der Waals surface area contributed by atoms with Crippen LogP contribution in [0.15, 0.2) is 71.8 Å². The Hall–Kier alpha value is -4.14. The molecule has 0 saturated carbocycles. The van der Waals surface area contributed by atoms with Crippen LogP contribution in [0.1, 0.15) is 21.5 Å². The smallest absolute Gasteiger partial charge is 0.271 e. The van der Waals surface area contributed by atoms with E-state index in [2.05, 4.69) is 10.5 Å². The monoisotopic (exact) mass is 411 g/mol. The number of benzene rings is 3. The van der Waals surface area contributed by atoms with Gasteiger partial charge >= 0.3 is 0 Å². The van der Waals surface area contributed by atoms with Crippen LogP contribution in [0.2, 0.25) is 0 Å². The summed E-state index contributed by atoms with van der Waals surface area (Å²) in [6.07, 6.45) is 0.898. The van der Waals surface area contributed by atoms with E-state index in [1.807, 2.05) is 0 Å². The van der Waals surface area contributed by atoms with E-state index in [0.29, 0.717) is 11.3 Å². The third-order valence-corrected chi connectivity index (χ3v) is 4.03. The van der Waals surface area contributed by atoms with Gasteiger partial charge in [0.05, 0.1) is 16.7 Å². The number of nitro benzene ring substituents is 1. The molecule has 0 aliphatic rings. The van der Waals surface area contributed by atoms with Crippen LogP contribution >= 0.6 is 0 Å². The molecule has 30 heavy (non-hydrogen) atoms. The van der Waals surface area contributed by atoms with Gasteiger partial charge < -0.3 is 4.74 Å². The summed E-state index contributed by atoms with van der Waals surface area (Å²) in [5.41, 5.74) is 2.88. The molecule has 1 N–H and O–H groups in total. The highest BCUT2D eigenvalue weighted by Crippen LogP contribution is 2.18. The van der Waals surface area contributed by atoms with Crippen molar-refractivity contribution in [1.29, 1.82) is 0 Å². The first-order valence-electron chi connectivity index (χ1n) is 8.67. The van der Waals surface area contributed by atoms with Gasteiger partial charge in [-0.2, -0.15) is 5.10 Å². The van der Waals surface area contributed by atoms with E-state index in [1.54, 1.807) is 24.3 Å². The molecule has 9 heteroatoms. The highest BCUT2D eigenvalue weighted by Gasteiger charge is 2.08. The lowest BCUT2D eigenvalue weighted by Crippen LogP contribution is -2.17. The molecule has 0 heterocycles. The first-order chi connectivity index (χ1) is 14.4. The highest BCUT2D eigenvalue weighted by atomic mass is 19.1. The van der Waals surface area contributed by atoms with Gasteiger partial charge in [0.25, 0.3) is 11.6 Å². The summed E-state index contributed by atoms with van der Waals surface area (Å²) in [4.78, 5) is 22.2. The third-order valence-electron chi connectivity index (χ3n) is 4.03. The van der Waals surface area contributed by atoms with Crippen molar-refractivity contribution in [3.63, 3.8) is 0 Å². The quantitative estimate of drug-likeness (QED) is 0.358. The molecular weight excluding hydrogens is 396 g/mol. The molecule has 0 aliphatic heterocycles. The van der Waals surface area contributed by atoms with E-state index in [0.717, 1.165) is 23.9 Å². The second kappa shape index (κ2) is 9.37. The van der Waals surface area contributed by atoms with Crippen LogP contribution in [-0.4, -0.2) is 17.0 Å². The molecule has 0 saturated heterocycles. The number of hydrogen-bond acceptors (Lipinski definition) is 5. The van der Waals surface area contributed by atoms with E-state index < -0.39 is 22.5 Å². The summed E-state index contributed by atoms with van der Waals surface area (Å²) in [5, 5.41) is 14.2. The van der Waals surface area contributed by atoms with Crippen molar-refractivity contribution < 1.29 is 23.2 Å². The van der Waals surface area contributed by atoms with Gasteiger partial charge in [-0.05, 0) is 42.0 Å². The molecule has 0 atom stereocenters. The molecular formula is C21H15F2N3O4. The normalized spacial score (nSPS) is 10.7. The van der Waals surface area contributed by atoms with E-state index in [-0.39, 0.29) is 17.9 Å². The van der Waals surface area contributed by atoms with Crippen LogP contribution < -0.4 is 10.2 Å². The summed E-state index contributed by atoms with van der Waals surface area (Å²) in [6.45, 7) is 0.199. The van der Waals surface area contributed by atoms with Gasteiger partial charge in [0, 0.05) is 17.7 Å². The molecule has 3 rings (SSSR count). The van der Waals surface area contributed by atoms with Crippen molar-refractivity contribution >= 4 is 17.8 Å². The summed E-state index contributed by atoms with van der Waals surface area (Å²) in [7, 11) is 0. The molecule has 3 aromatic carbocycles. The number of nitro groups is 1. The molecule has 0 radical (unpaired) electrons. The lowest BCUT2D eigenvalue weighted by Gasteiger charge is -2.07. The Morgan fingerprint density at radius 1 is 1.03 bits per heavy atom. The van der Waals surface area contributed by atoms with Crippen molar-refractivity contribution in [1.82, 2.24) is 5.43 Å². The molecule has 152 valence electrons. The molecule has 1 amide bonds. The largest absolute Gasteiger partial charge is 0.489 e. The number of amides is 1. The fraction of sp³-hybridized carbons (Fsp3) is 0.0476. The van der Waals surface area contributed by atoms with Crippen molar-refractivity contribution in [3.8, 4) is 5.75 Å². The molecule has 0 unspecified atom stereocenters. The molecule has 7 nitrogen and oxygen atoms in total. The van der Waals surface area contributed by atoms with Gasteiger partial charge in [0.15, 0.2) is 0 Å². The second-order valence-corrected chi connectivity index (χ2v) is 6.07. The zero-order valence-electron chi connectivity index (χ0n) is 15.4. The van der Waals surface area contributed by atoms with Crippen LogP contribution in [0, 0.1) is 21.7 Å². The minimum Gasteiger partial charge on any atom is -0.489 e. The Labute approximate surface area is 169 Å². The minimum atomic E-state index is -0.787. The maximum absolute atomic E-state index is 13.5. The second-order valence-electron chi connectivity index (χ2n) is 6.07. The predicted octanol–water partition coefficient (Wildman–Crippen LogP) is 4.22. The van der Waals surface area contributed by atoms with E-state index in [4.69, 9.17) is 4.74 Å². The Balaban J connectivity index is 1.55. The summed E-state index contributed by atoms with van der Waals surface area (Å²) < 4.78 is 32.6. The molecule has 0 bridgehead atoms. The Morgan fingerprint density at radius 3 is 2.27 bits per heavy atom. The molecule has 0 fully saturated rings. The average molecular weight is 411 g/mol. The topological polar surface area (TPSA) is 93.8 Å². The summed E-state index contributed by atoms with van der Waals surface area (Å²) in [5.74, 6) is -1.65. The Morgan fingerprint density at radius 2 is 1.67 bits per heavy atom. The first kappa shape index (κ1) is 20.6. The number of nitrogens with zero attached hydrogens (tertiary/aromatic N) is 2. The van der Waals surface area contributed by atoms with Gasteiger partial charge in [-0.1, -0.05) is 18.2 Å². The lowest BCUT2D eigenvalue weighted by atomic mass is 10.1. The van der Waals surface area contributed by atoms with Crippen molar-refractivity contribution in [2.24, 2.45) is 5.10 Å². The van der Waals surface area contributed by atoms with Crippen molar-refractivity contribution in [2.45, 2.75) is 6.61 Å². The maximum atomic E-state index is 13.5. The van der Waals surface area contributed by atoms with Gasteiger partial charge in [0.1, 0.15) is 24.0 Å². The SMILES string of the molecule is O=C(NN=Cc1c(F)cccc1F)c1ccc(COc2ccc([N+](=O)[O-])cc2)cc1. The van der Waals surface area contributed by atoms with Gasteiger partial charge in [-0.25, -0.2) is 14.2 Å². The van der Waals surface area contributed by atoms with Gasteiger partial charge in [0.2, 0.25) is 0 Å². The Kier molecular flexibility index (Phi) is 6.43. The van der Waals surface area contributed by atoms with E-state index in [9.17, 15) is 23.7 Å². The van der Waals surface area contributed by atoms with Crippen LogP contribution in [-0.2, 0) is 6.61 Å². The van der Waals surface area contributed by atoms with Crippen LogP contribution in [0.4, 0.5) is 14.5 Å². The number of ether oxygens (including phenoxy) is 1. The lowest BCUT2D eigenvalue weighted by molar-refractivity contribution is -0.384. The number of halogens is 2. The van der Waals surface area contributed by atoms with Crippen LogP contribution in [0.5, 0.6) is 5.75 Å². The number of hydrogen-bond donors (Lipinski definition) is 1. The summed E-state index contributed by atoms with van der Waals surface area (Å²) in [6, 6.07) is 15.5. The number of carbonyl (C=O) groups is 1. The number of carbonyl (C=O) groups excluding carboxylic acids is 1. The summed E-state index contributed by atoms with van der Waals surface area (Å²) >= 11 is 0. The van der Waals surface area contributed by atoms with Crippen molar-refractivity contribution in [3.05, 3.63) is 105 Å². The number of rotatable bonds is 7. The first-order valence-corrected chi connectivity index (χ1v) is 8.67. The molecule has 0 spiro atoms. The zero-order valence-corrected chi connectivity index (χ0v) is 15.4. The standard InChI is InChI=1S/C21H15F2N3O4/c22-19-2-1-3-20(23)18(19)12-24-25-21(27)15-6-4-14(5-7-15)13-30-17-10-8-16(9-11-17)26(28)29/h1-12H,13H2,(H,25,27). The van der Waals surface area contributed by atoms with Crippen LogP contribution in [0.25, 0.3) is 0 Å². The molecule has 3 aromatic rings. The van der Waals surface area contributed by atoms with Crippen molar-refractivity contribution in [2.75, 3.05) is 0 Å². The fourth-order valence-corrected chi connectivity index (χ4v) is 2.44. The molecule has 0 aliphatic carbocycles. The molecule has 0 aromatic heterocycles. The maximum Gasteiger partial charge on any atom is 0.271 e. The van der Waals surface area contributed by atoms with Gasteiger partial charge in [-0.3, -0.25) is 14.9 Å². The fourth-order valence-electron chi connectivity index (χ4n) is 2.44. The number of nitrogens with one attached hydrogen (secondary N) is 1. The predicted molar refractivity (Wildman–Crippen MR) is 105 cm³/mol. The zero-order chi connectivity index (χ0) is 21.5. The number of hydrazone groups is 1. The average Bonchev–Trinajstić information content (AvgIpc) is 2.75. The highest BCUT2D eigenvalue weighted by molar-refractivity contribution is 5.94. The van der Waals surface area contributed by atoms with Gasteiger partial charge in [-0.15, -0.1) is 0 Å². The van der Waals surface area contributed by atoms with E-state index in [1.165, 1.54) is 30.3 Å². The third kappa shape index (κ3) is 5.22. The number of non-ortho nitro benzene ring substituents is 1. The van der Waals surface area contributed by atoms with E-state index >= 15 is 0 Å². The Bertz CT molecular complexity index is 1060. The minimum absolute atomic E-state index is 0.0295.